The highest BCUT2D eigenvalue weighted by Gasteiger charge is 2.15. The summed E-state index contributed by atoms with van der Waals surface area (Å²) >= 11 is 0. The minimum absolute atomic E-state index is 0.567. The van der Waals surface area contributed by atoms with Gasteiger partial charge in [-0.3, -0.25) is 4.90 Å². The number of hydrogen-bond acceptors (Lipinski definition) is 4. The molecule has 0 fully saturated rings. The van der Waals surface area contributed by atoms with E-state index in [1.165, 1.54) is 0 Å². The molecule has 0 aromatic heterocycles. The van der Waals surface area contributed by atoms with Gasteiger partial charge >= 0.3 is 0 Å². The van der Waals surface area contributed by atoms with Crippen molar-refractivity contribution in [1.29, 1.82) is 0 Å². The number of nitrogens with zero attached hydrogens (tertiary/aromatic N) is 2. The maximum atomic E-state index is 10.3. The number of likely N-dealkylation sites (N-methyl/N-ethyl adjacent to an activating group) is 1. The topological polar surface area (TPSA) is 41.9 Å². The van der Waals surface area contributed by atoms with E-state index in [-0.39, 0.29) is 0 Å². The Balaban J connectivity index is 2.45. The quantitative estimate of drug-likeness (QED) is 0.514. The highest BCUT2D eigenvalue weighted by molar-refractivity contribution is 5.60. The van der Waals surface area contributed by atoms with Crippen LogP contribution in [0.4, 0.5) is 5.69 Å². The number of isocyanates is 1. The molecule has 1 aliphatic heterocycles. The summed E-state index contributed by atoms with van der Waals surface area (Å²) in [6.07, 6.45) is 1.55. The Morgan fingerprint density at radius 2 is 2.40 bits per heavy atom. The summed E-state index contributed by atoms with van der Waals surface area (Å²) in [6.45, 7) is 2.31. The van der Waals surface area contributed by atoms with Crippen molar-refractivity contribution < 1.29 is 9.53 Å². The van der Waals surface area contributed by atoms with Gasteiger partial charge in [-0.1, -0.05) is 12.1 Å². The molecule has 0 radical (unpaired) electrons. The highest BCUT2D eigenvalue weighted by Crippen LogP contribution is 2.33. The fraction of sp³-hybridized carbons (Fsp3) is 0.364. The molecule has 0 aliphatic carbocycles. The molecule has 15 heavy (non-hydrogen) atoms. The van der Waals surface area contributed by atoms with Crippen molar-refractivity contribution in [3.8, 4) is 5.75 Å². The van der Waals surface area contributed by atoms with E-state index in [1.807, 2.05) is 19.2 Å². The SMILES string of the molecule is CN1CCOc2c(cccc2N=C=O)C1. The lowest BCUT2D eigenvalue weighted by atomic mass is 10.1. The fourth-order valence-electron chi connectivity index (χ4n) is 1.67. The third-order valence-electron chi connectivity index (χ3n) is 2.40. The molecular formula is C11H12N2O2. The summed E-state index contributed by atoms with van der Waals surface area (Å²) < 4.78 is 5.59. The van der Waals surface area contributed by atoms with E-state index in [2.05, 4.69) is 9.89 Å². The molecule has 0 saturated heterocycles. The van der Waals surface area contributed by atoms with Crippen LogP contribution in [0.25, 0.3) is 0 Å². The van der Waals surface area contributed by atoms with Crippen molar-refractivity contribution >= 4 is 11.8 Å². The number of rotatable bonds is 1. The number of fused-ring (bicyclic) bond motifs is 1. The minimum atomic E-state index is 0.567. The zero-order valence-electron chi connectivity index (χ0n) is 8.56. The molecule has 0 amide bonds. The minimum Gasteiger partial charge on any atom is -0.490 e. The zero-order chi connectivity index (χ0) is 10.7. The third-order valence-corrected chi connectivity index (χ3v) is 2.40. The lowest BCUT2D eigenvalue weighted by Gasteiger charge is -2.11. The predicted molar refractivity (Wildman–Crippen MR) is 56.1 cm³/mol. The summed E-state index contributed by atoms with van der Waals surface area (Å²) in [5.41, 5.74) is 1.63. The van der Waals surface area contributed by atoms with Crippen LogP contribution < -0.4 is 4.74 Å². The fourth-order valence-corrected chi connectivity index (χ4v) is 1.67. The van der Waals surface area contributed by atoms with E-state index in [9.17, 15) is 4.79 Å². The first-order chi connectivity index (χ1) is 7.31. The monoisotopic (exact) mass is 204 g/mol. The van der Waals surface area contributed by atoms with Crippen LogP contribution in [0.1, 0.15) is 5.56 Å². The van der Waals surface area contributed by atoms with Crippen molar-refractivity contribution in [2.45, 2.75) is 6.54 Å². The molecule has 4 heteroatoms. The molecule has 0 N–H and O–H groups in total. The van der Waals surface area contributed by atoms with Crippen LogP contribution in [0.15, 0.2) is 23.2 Å². The molecule has 0 bridgehead atoms. The van der Waals surface area contributed by atoms with E-state index >= 15 is 0 Å². The van der Waals surface area contributed by atoms with Gasteiger partial charge in [-0.25, -0.2) is 4.79 Å². The average molecular weight is 204 g/mol. The van der Waals surface area contributed by atoms with Gasteiger partial charge in [0.25, 0.3) is 0 Å². The van der Waals surface area contributed by atoms with E-state index in [1.54, 1.807) is 12.1 Å². The van der Waals surface area contributed by atoms with E-state index < -0.39 is 0 Å². The first-order valence-electron chi connectivity index (χ1n) is 4.82. The summed E-state index contributed by atoms with van der Waals surface area (Å²) in [5.74, 6) is 0.713. The van der Waals surface area contributed by atoms with Gasteiger partial charge in [0.05, 0.1) is 0 Å². The van der Waals surface area contributed by atoms with Crippen molar-refractivity contribution in [1.82, 2.24) is 4.90 Å². The molecule has 0 atom stereocenters. The molecule has 1 heterocycles. The van der Waals surface area contributed by atoms with Crippen LogP contribution in [-0.2, 0) is 11.3 Å². The number of para-hydroxylation sites is 1. The molecule has 1 aromatic rings. The van der Waals surface area contributed by atoms with Gasteiger partial charge in [0.1, 0.15) is 18.0 Å². The molecule has 1 aromatic carbocycles. The zero-order valence-corrected chi connectivity index (χ0v) is 8.56. The van der Waals surface area contributed by atoms with Crippen LogP contribution in [0.2, 0.25) is 0 Å². The Bertz CT molecular complexity index is 411. The summed E-state index contributed by atoms with van der Waals surface area (Å²) in [5, 5.41) is 0. The van der Waals surface area contributed by atoms with Crippen LogP contribution in [0.5, 0.6) is 5.75 Å². The third kappa shape index (κ3) is 2.06. The molecule has 2 rings (SSSR count). The molecule has 0 unspecified atom stereocenters. The maximum absolute atomic E-state index is 10.3. The average Bonchev–Trinajstić information content (AvgIpc) is 2.40. The molecule has 78 valence electrons. The van der Waals surface area contributed by atoms with Crippen LogP contribution in [0, 0.1) is 0 Å². The Labute approximate surface area is 88.2 Å². The second-order valence-corrected chi connectivity index (χ2v) is 3.55. The van der Waals surface area contributed by atoms with Gasteiger partial charge in [0.15, 0.2) is 0 Å². The molecular weight excluding hydrogens is 192 g/mol. The Kier molecular flexibility index (Phi) is 2.81. The van der Waals surface area contributed by atoms with Crippen LogP contribution in [0.3, 0.4) is 0 Å². The lowest BCUT2D eigenvalue weighted by Crippen LogP contribution is -2.20. The van der Waals surface area contributed by atoms with Gasteiger partial charge in [0.2, 0.25) is 6.08 Å². The standard InChI is InChI=1S/C11H12N2O2/c1-13-5-6-15-11-9(7-13)3-2-4-10(11)12-8-14/h2-4H,5-7H2,1H3. The van der Waals surface area contributed by atoms with Crippen molar-refractivity contribution in [3.05, 3.63) is 23.8 Å². The molecule has 0 saturated carbocycles. The van der Waals surface area contributed by atoms with Crippen molar-refractivity contribution in [2.75, 3.05) is 20.2 Å². The van der Waals surface area contributed by atoms with Crippen molar-refractivity contribution in [2.24, 2.45) is 4.99 Å². The highest BCUT2D eigenvalue weighted by atomic mass is 16.5. The van der Waals surface area contributed by atoms with Crippen LogP contribution in [-0.4, -0.2) is 31.2 Å². The Morgan fingerprint density at radius 1 is 1.53 bits per heavy atom. The summed E-state index contributed by atoms with van der Waals surface area (Å²) in [7, 11) is 2.04. The number of benzene rings is 1. The predicted octanol–water partition coefficient (Wildman–Crippen LogP) is 1.48. The van der Waals surface area contributed by atoms with Crippen molar-refractivity contribution in [3.63, 3.8) is 0 Å². The first kappa shape index (κ1) is 9.90. The smallest absolute Gasteiger partial charge is 0.240 e. The van der Waals surface area contributed by atoms with Gasteiger partial charge in [-0.2, -0.15) is 4.99 Å². The first-order valence-corrected chi connectivity index (χ1v) is 4.82. The lowest BCUT2D eigenvalue weighted by molar-refractivity contribution is 0.259. The van der Waals surface area contributed by atoms with Gasteiger partial charge in [-0.05, 0) is 13.1 Å². The van der Waals surface area contributed by atoms with Gasteiger partial charge < -0.3 is 4.74 Å². The molecule has 0 spiro atoms. The maximum Gasteiger partial charge on any atom is 0.240 e. The molecule has 1 aliphatic rings. The van der Waals surface area contributed by atoms with E-state index in [4.69, 9.17) is 4.74 Å². The Morgan fingerprint density at radius 3 is 3.20 bits per heavy atom. The number of aliphatic imine (C=N–C) groups is 1. The van der Waals surface area contributed by atoms with E-state index in [0.717, 1.165) is 18.7 Å². The summed E-state index contributed by atoms with van der Waals surface area (Å²) in [6, 6.07) is 5.62. The number of hydrogen-bond donors (Lipinski definition) is 0. The van der Waals surface area contributed by atoms with Crippen LogP contribution >= 0.6 is 0 Å². The normalized spacial score (nSPS) is 15.8. The number of ether oxygens (including phenoxy) is 1. The second kappa shape index (κ2) is 4.26. The van der Waals surface area contributed by atoms with Gasteiger partial charge in [-0.15, -0.1) is 0 Å². The van der Waals surface area contributed by atoms with E-state index in [0.29, 0.717) is 18.0 Å². The largest absolute Gasteiger partial charge is 0.490 e. The second-order valence-electron chi connectivity index (χ2n) is 3.55. The van der Waals surface area contributed by atoms with Gasteiger partial charge in [0, 0.05) is 18.7 Å². The number of carbonyl (C=O) groups excluding carboxylic acids is 1. The Hall–Kier alpha value is -1.64. The molecule has 4 nitrogen and oxygen atoms in total. The summed E-state index contributed by atoms with van der Waals surface area (Å²) in [4.78, 5) is 16.1.